The van der Waals surface area contributed by atoms with Gasteiger partial charge in [0, 0.05) is 26.3 Å². The van der Waals surface area contributed by atoms with E-state index in [4.69, 9.17) is 4.74 Å². The third kappa shape index (κ3) is 3.93. The Kier molecular flexibility index (Phi) is 5.64. The number of hydrogen-bond donors (Lipinski definition) is 2. The SMILES string of the molecule is CCCC1(C(=O)NCCC2CCOC2)CCCNC1. The molecule has 2 saturated heterocycles. The number of amides is 1. The molecule has 2 rings (SSSR count). The maximum Gasteiger partial charge on any atom is 0.227 e. The molecule has 0 aromatic heterocycles. The van der Waals surface area contributed by atoms with Crippen LogP contribution in [0.1, 0.15) is 45.4 Å². The van der Waals surface area contributed by atoms with Gasteiger partial charge in [0.2, 0.25) is 5.91 Å². The molecule has 0 aromatic rings. The van der Waals surface area contributed by atoms with Gasteiger partial charge >= 0.3 is 0 Å². The zero-order valence-electron chi connectivity index (χ0n) is 12.2. The Morgan fingerprint density at radius 2 is 2.42 bits per heavy atom. The van der Waals surface area contributed by atoms with Gasteiger partial charge in [-0.2, -0.15) is 0 Å². The molecule has 0 spiro atoms. The minimum absolute atomic E-state index is 0.154. The van der Waals surface area contributed by atoms with Gasteiger partial charge in [0.1, 0.15) is 0 Å². The number of nitrogens with one attached hydrogen (secondary N) is 2. The van der Waals surface area contributed by atoms with E-state index in [0.29, 0.717) is 5.92 Å². The number of carbonyl (C=O) groups is 1. The third-order valence-corrected chi connectivity index (χ3v) is 4.54. The Hall–Kier alpha value is -0.610. The standard InChI is InChI=1S/C15H28N2O2/c1-2-6-15(7-3-8-16-12-15)14(18)17-9-4-13-5-10-19-11-13/h13,16H,2-12H2,1H3,(H,17,18). The maximum atomic E-state index is 12.5. The lowest BCUT2D eigenvalue weighted by molar-refractivity contribution is -0.132. The predicted molar refractivity (Wildman–Crippen MR) is 76.0 cm³/mol. The maximum absolute atomic E-state index is 12.5. The fourth-order valence-corrected chi connectivity index (χ4v) is 3.36. The minimum Gasteiger partial charge on any atom is -0.381 e. The van der Waals surface area contributed by atoms with E-state index in [1.807, 2.05) is 0 Å². The monoisotopic (exact) mass is 268 g/mol. The summed E-state index contributed by atoms with van der Waals surface area (Å²) in [6.45, 7) is 6.63. The Morgan fingerprint density at radius 3 is 3.05 bits per heavy atom. The summed E-state index contributed by atoms with van der Waals surface area (Å²) < 4.78 is 5.37. The molecule has 4 heteroatoms. The van der Waals surface area contributed by atoms with Crippen molar-refractivity contribution in [1.29, 1.82) is 0 Å². The van der Waals surface area contributed by atoms with Crippen LogP contribution in [0.5, 0.6) is 0 Å². The fourth-order valence-electron chi connectivity index (χ4n) is 3.36. The largest absolute Gasteiger partial charge is 0.381 e. The van der Waals surface area contributed by atoms with Crippen LogP contribution in [0.15, 0.2) is 0 Å². The van der Waals surface area contributed by atoms with E-state index < -0.39 is 0 Å². The van der Waals surface area contributed by atoms with E-state index in [9.17, 15) is 4.79 Å². The molecular weight excluding hydrogens is 240 g/mol. The first-order valence-electron chi connectivity index (χ1n) is 7.83. The first kappa shape index (κ1) is 14.8. The van der Waals surface area contributed by atoms with Crippen LogP contribution in [0.4, 0.5) is 0 Å². The molecule has 19 heavy (non-hydrogen) atoms. The van der Waals surface area contributed by atoms with Gasteiger partial charge in [-0.15, -0.1) is 0 Å². The van der Waals surface area contributed by atoms with Crippen LogP contribution in [-0.2, 0) is 9.53 Å². The lowest BCUT2D eigenvalue weighted by atomic mass is 9.76. The molecular formula is C15H28N2O2. The highest BCUT2D eigenvalue weighted by Crippen LogP contribution is 2.31. The van der Waals surface area contributed by atoms with Crippen molar-refractivity contribution in [1.82, 2.24) is 10.6 Å². The van der Waals surface area contributed by atoms with Crippen LogP contribution in [0.2, 0.25) is 0 Å². The van der Waals surface area contributed by atoms with Gasteiger partial charge in [-0.25, -0.2) is 0 Å². The van der Waals surface area contributed by atoms with Crippen molar-refractivity contribution >= 4 is 5.91 Å². The normalized spacial score (nSPS) is 31.3. The summed E-state index contributed by atoms with van der Waals surface area (Å²) in [5, 5.41) is 6.56. The summed E-state index contributed by atoms with van der Waals surface area (Å²) >= 11 is 0. The van der Waals surface area contributed by atoms with Crippen molar-refractivity contribution in [3.63, 3.8) is 0 Å². The smallest absolute Gasteiger partial charge is 0.227 e. The van der Waals surface area contributed by atoms with Crippen molar-refractivity contribution < 1.29 is 9.53 Å². The Labute approximate surface area is 116 Å². The molecule has 110 valence electrons. The number of rotatable bonds is 6. The zero-order chi connectivity index (χ0) is 13.6. The predicted octanol–water partition coefficient (Wildman–Crippen LogP) is 1.70. The van der Waals surface area contributed by atoms with Gasteiger partial charge in [0.25, 0.3) is 0 Å². The second-order valence-electron chi connectivity index (χ2n) is 6.08. The topological polar surface area (TPSA) is 50.4 Å². The zero-order valence-corrected chi connectivity index (χ0v) is 12.2. The third-order valence-electron chi connectivity index (χ3n) is 4.54. The highest BCUT2D eigenvalue weighted by Gasteiger charge is 2.38. The molecule has 2 fully saturated rings. The number of carbonyl (C=O) groups excluding carboxylic acids is 1. The Bertz CT molecular complexity index is 276. The second kappa shape index (κ2) is 7.25. The van der Waals surface area contributed by atoms with Crippen LogP contribution < -0.4 is 10.6 Å². The lowest BCUT2D eigenvalue weighted by Gasteiger charge is -2.36. The van der Waals surface area contributed by atoms with E-state index in [1.54, 1.807) is 0 Å². The van der Waals surface area contributed by atoms with Crippen LogP contribution in [-0.4, -0.2) is 38.8 Å². The van der Waals surface area contributed by atoms with Crippen molar-refractivity contribution in [3.05, 3.63) is 0 Å². The van der Waals surface area contributed by atoms with Gasteiger partial charge in [-0.05, 0) is 44.6 Å². The van der Waals surface area contributed by atoms with Gasteiger partial charge in [-0.1, -0.05) is 13.3 Å². The molecule has 4 nitrogen and oxygen atoms in total. The van der Waals surface area contributed by atoms with E-state index in [2.05, 4.69) is 17.6 Å². The first-order chi connectivity index (χ1) is 9.27. The molecule has 2 aliphatic rings. The number of hydrogen-bond acceptors (Lipinski definition) is 3. The van der Waals surface area contributed by atoms with Crippen LogP contribution >= 0.6 is 0 Å². The molecule has 2 aliphatic heterocycles. The van der Waals surface area contributed by atoms with Gasteiger partial charge in [0.15, 0.2) is 0 Å². The lowest BCUT2D eigenvalue weighted by Crippen LogP contribution is -2.50. The number of ether oxygens (including phenoxy) is 1. The molecule has 2 heterocycles. The average molecular weight is 268 g/mol. The molecule has 1 amide bonds. The van der Waals surface area contributed by atoms with E-state index in [-0.39, 0.29) is 11.3 Å². The quantitative estimate of drug-likeness (QED) is 0.771. The summed E-state index contributed by atoms with van der Waals surface area (Å²) in [5.41, 5.74) is -0.154. The fraction of sp³-hybridized carbons (Fsp3) is 0.933. The van der Waals surface area contributed by atoms with E-state index in [0.717, 1.165) is 71.4 Å². The van der Waals surface area contributed by atoms with Gasteiger partial charge < -0.3 is 15.4 Å². The summed E-state index contributed by atoms with van der Waals surface area (Å²) in [5.74, 6) is 0.910. The second-order valence-corrected chi connectivity index (χ2v) is 6.08. The molecule has 0 aromatic carbocycles. The van der Waals surface area contributed by atoms with E-state index >= 15 is 0 Å². The Morgan fingerprint density at radius 1 is 1.53 bits per heavy atom. The van der Waals surface area contributed by atoms with Crippen molar-refractivity contribution in [2.45, 2.75) is 45.4 Å². The highest BCUT2D eigenvalue weighted by atomic mass is 16.5. The molecule has 0 bridgehead atoms. The molecule has 2 unspecified atom stereocenters. The molecule has 2 atom stereocenters. The summed E-state index contributed by atoms with van der Waals surface area (Å²) in [6, 6.07) is 0. The van der Waals surface area contributed by atoms with Crippen molar-refractivity contribution in [2.24, 2.45) is 11.3 Å². The van der Waals surface area contributed by atoms with Crippen molar-refractivity contribution in [3.8, 4) is 0 Å². The van der Waals surface area contributed by atoms with Crippen molar-refractivity contribution in [2.75, 3.05) is 32.8 Å². The molecule has 0 aliphatic carbocycles. The molecule has 0 radical (unpaired) electrons. The van der Waals surface area contributed by atoms with Crippen LogP contribution in [0.25, 0.3) is 0 Å². The van der Waals surface area contributed by atoms with Crippen LogP contribution in [0, 0.1) is 11.3 Å². The number of piperidine rings is 1. The van der Waals surface area contributed by atoms with Gasteiger partial charge in [-0.3, -0.25) is 4.79 Å². The summed E-state index contributed by atoms with van der Waals surface area (Å²) in [7, 11) is 0. The average Bonchev–Trinajstić information content (AvgIpc) is 2.93. The van der Waals surface area contributed by atoms with E-state index in [1.165, 1.54) is 0 Å². The Balaban J connectivity index is 1.78. The first-order valence-corrected chi connectivity index (χ1v) is 7.83. The van der Waals surface area contributed by atoms with Gasteiger partial charge in [0.05, 0.1) is 5.41 Å². The minimum atomic E-state index is -0.154. The summed E-state index contributed by atoms with van der Waals surface area (Å²) in [4.78, 5) is 12.5. The molecule has 0 saturated carbocycles. The summed E-state index contributed by atoms with van der Waals surface area (Å²) in [6.07, 6.45) is 6.43. The van der Waals surface area contributed by atoms with Crippen LogP contribution in [0.3, 0.4) is 0 Å². The highest BCUT2D eigenvalue weighted by molar-refractivity contribution is 5.83. The molecule has 2 N–H and O–H groups in total.